The smallest absolute Gasteiger partial charge is 0.274 e. The van der Waals surface area contributed by atoms with Crippen LogP contribution in [0.5, 0.6) is 0 Å². The average molecular weight is 308 g/mol. The second-order valence-electron chi connectivity index (χ2n) is 4.13. The number of nitrogens with one attached hydrogen (secondary N) is 1. The van der Waals surface area contributed by atoms with Crippen molar-refractivity contribution in [2.24, 2.45) is 7.05 Å². The zero-order valence-corrected chi connectivity index (χ0v) is 12.1. The Hall–Kier alpha value is -2.49. The number of tetrazole rings is 1. The van der Waals surface area contributed by atoms with Gasteiger partial charge in [-0.3, -0.25) is 14.9 Å². The topological polar surface area (TPSA) is 116 Å². The number of rotatable bonds is 5. The van der Waals surface area contributed by atoms with Crippen LogP contribution in [0.1, 0.15) is 5.56 Å². The lowest BCUT2D eigenvalue weighted by Crippen LogP contribution is -2.15. The summed E-state index contributed by atoms with van der Waals surface area (Å²) in [7, 11) is 1.67. The highest BCUT2D eigenvalue weighted by Gasteiger charge is 2.15. The summed E-state index contributed by atoms with van der Waals surface area (Å²) < 4.78 is 1.45. The first-order valence-corrected chi connectivity index (χ1v) is 6.86. The van der Waals surface area contributed by atoms with Gasteiger partial charge in [0.05, 0.1) is 21.9 Å². The number of benzene rings is 1. The van der Waals surface area contributed by atoms with Gasteiger partial charge in [0, 0.05) is 13.1 Å². The Kier molecular flexibility index (Phi) is 4.48. The number of anilines is 1. The molecule has 1 amide bonds. The molecule has 1 N–H and O–H groups in total. The molecule has 0 atom stereocenters. The molecule has 0 aliphatic carbocycles. The van der Waals surface area contributed by atoms with Crippen LogP contribution in [-0.4, -0.2) is 36.8 Å². The summed E-state index contributed by atoms with van der Waals surface area (Å²) in [6, 6.07) is 4.54. The zero-order valence-electron chi connectivity index (χ0n) is 11.3. The van der Waals surface area contributed by atoms with Crippen LogP contribution in [0.4, 0.5) is 11.4 Å². The molecule has 2 rings (SSSR count). The fourth-order valence-corrected chi connectivity index (χ4v) is 2.27. The number of nitrogens with zero attached hydrogens (tertiary/aromatic N) is 5. The second kappa shape index (κ2) is 6.31. The van der Waals surface area contributed by atoms with Crippen molar-refractivity contribution in [1.29, 1.82) is 0 Å². The number of carbonyl (C=O) groups excluding carboxylic acids is 1. The van der Waals surface area contributed by atoms with Gasteiger partial charge in [0.25, 0.3) is 5.69 Å². The fraction of sp³-hybridized carbons (Fsp3) is 0.273. The third-order valence-corrected chi connectivity index (χ3v) is 3.70. The molecule has 9 nitrogen and oxygen atoms in total. The van der Waals surface area contributed by atoms with Gasteiger partial charge in [-0.05, 0) is 23.4 Å². The van der Waals surface area contributed by atoms with Crippen molar-refractivity contribution < 1.29 is 9.72 Å². The minimum atomic E-state index is -0.481. The summed E-state index contributed by atoms with van der Waals surface area (Å²) in [6.45, 7) is 1.59. The van der Waals surface area contributed by atoms with Gasteiger partial charge in [0.2, 0.25) is 11.1 Å². The van der Waals surface area contributed by atoms with Gasteiger partial charge in [-0.15, -0.1) is 5.10 Å². The quantitative estimate of drug-likeness (QED) is 0.500. The average Bonchev–Trinajstić information content (AvgIpc) is 2.84. The SMILES string of the molecule is Cc1c(NC(=O)CSc2nnnn2C)cccc1[N+](=O)[O-]. The molecule has 0 fully saturated rings. The lowest BCUT2D eigenvalue weighted by molar-refractivity contribution is -0.385. The number of amides is 1. The zero-order chi connectivity index (χ0) is 15.4. The van der Waals surface area contributed by atoms with Crippen LogP contribution in [0.15, 0.2) is 23.4 Å². The Balaban J connectivity index is 2.01. The van der Waals surface area contributed by atoms with Crippen LogP contribution in [0, 0.1) is 17.0 Å². The molecule has 0 radical (unpaired) electrons. The Bertz CT molecular complexity index is 686. The first-order valence-electron chi connectivity index (χ1n) is 5.88. The third-order valence-electron chi connectivity index (χ3n) is 2.69. The summed E-state index contributed by atoms with van der Waals surface area (Å²) in [6.07, 6.45) is 0. The Morgan fingerprint density at radius 2 is 2.29 bits per heavy atom. The van der Waals surface area contributed by atoms with E-state index in [0.29, 0.717) is 16.4 Å². The van der Waals surface area contributed by atoms with Gasteiger partial charge in [-0.2, -0.15) is 0 Å². The normalized spacial score (nSPS) is 10.4. The van der Waals surface area contributed by atoms with Gasteiger partial charge >= 0.3 is 0 Å². The van der Waals surface area contributed by atoms with Crippen molar-refractivity contribution in [3.63, 3.8) is 0 Å². The number of aryl methyl sites for hydroxylation is 1. The fourth-order valence-electron chi connectivity index (χ4n) is 1.62. The highest BCUT2D eigenvalue weighted by molar-refractivity contribution is 7.99. The largest absolute Gasteiger partial charge is 0.325 e. The lowest BCUT2D eigenvalue weighted by atomic mass is 10.1. The van der Waals surface area contributed by atoms with E-state index in [0.717, 1.165) is 0 Å². The number of nitro groups is 1. The number of thioether (sulfide) groups is 1. The molecule has 0 aliphatic heterocycles. The van der Waals surface area contributed by atoms with Crippen LogP contribution in [0.3, 0.4) is 0 Å². The molecule has 21 heavy (non-hydrogen) atoms. The predicted molar refractivity (Wildman–Crippen MR) is 76.0 cm³/mol. The molecule has 0 saturated heterocycles. The summed E-state index contributed by atoms with van der Waals surface area (Å²) in [5.41, 5.74) is 0.810. The van der Waals surface area contributed by atoms with Crippen LogP contribution in [0.25, 0.3) is 0 Å². The Morgan fingerprint density at radius 1 is 1.52 bits per heavy atom. The first kappa shape index (κ1) is 14.9. The monoisotopic (exact) mass is 308 g/mol. The van der Waals surface area contributed by atoms with E-state index in [2.05, 4.69) is 20.8 Å². The predicted octanol–water partition coefficient (Wildman–Crippen LogP) is 1.16. The number of carbonyl (C=O) groups is 1. The van der Waals surface area contributed by atoms with E-state index in [-0.39, 0.29) is 17.3 Å². The van der Waals surface area contributed by atoms with Crippen molar-refractivity contribution in [3.05, 3.63) is 33.9 Å². The van der Waals surface area contributed by atoms with E-state index in [9.17, 15) is 14.9 Å². The molecule has 10 heteroatoms. The van der Waals surface area contributed by atoms with Crippen molar-refractivity contribution in [1.82, 2.24) is 20.2 Å². The standard InChI is InChI=1S/C11H12N6O3S/c1-7-8(4-3-5-9(7)17(19)20)12-10(18)6-21-11-13-14-15-16(11)2/h3-5H,6H2,1-2H3,(H,12,18). The molecule has 110 valence electrons. The van der Waals surface area contributed by atoms with Gasteiger partial charge < -0.3 is 5.32 Å². The maximum atomic E-state index is 11.9. The summed E-state index contributed by atoms with van der Waals surface area (Å²) >= 11 is 1.18. The van der Waals surface area contributed by atoms with Gasteiger partial charge in [0.1, 0.15) is 0 Å². The van der Waals surface area contributed by atoms with Crippen molar-refractivity contribution in [2.45, 2.75) is 12.1 Å². The van der Waals surface area contributed by atoms with Crippen molar-refractivity contribution in [2.75, 3.05) is 11.1 Å². The molecular formula is C11H12N6O3S. The molecule has 1 aromatic heterocycles. The van der Waals surface area contributed by atoms with E-state index in [1.54, 1.807) is 20.0 Å². The van der Waals surface area contributed by atoms with E-state index in [4.69, 9.17) is 0 Å². The molecule has 0 unspecified atom stereocenters. The van der Waals surface area contributed by atoms with E-state index in [1.165, 1.54) is 28.6 Å². The van der Waals surface area contributed by atoms with Crippen molar-refractivity contribution in [3.8, 4) is 0 Å². The summed E-state index contributed by atoms with van der Waals surface area (Å²) in [5, 5.41) is 24.9. The van der Waals surface area contributed by atoms with Crippen LogP contribution in [-0.2, 0) is 11.8 Å². The molecule has 1 heterocycles. The summed E-state index contributed by atoms with van der Waals surface area (Å²) in [4.78, 5) is 22.2. The Morgan fingerprint density at radius 3 is 2.90 bits per heavy atom. The summed E-state index contributed by atoms with van der Waals surface area (Å²) in [5.74, 6) is -0.178. The molecular weight excluding hydrogens is 296 g/mol. The van der Waals surface area contributed by atoms with Gasteiger partial charge in [0.15, 0.2) is 0 Å². The molecule has 2 aromatic rings. The van der Waals surface area contributed by atoms with Crippen LogP contribution in [0.2, 0.25) is 0 Å². The van der Waals surface area contributed by atoms with Crippen LogP contribution >= 0.6 is 11.8 Å². The highest BCUT2D eigenvalue weighted by Crippen LogP contribution is 2.25. The number of hydrogen-bond acceptors (Lipinski definition) is 7. The number of nitro benzene ring substituents is 1. The van der Waals surface area contributed by atoms with Gasteiger partial charge in [-0.25, -0.2) is 4.68 Å². The molecule has 0 spiro atoms. The molecule has 0 aliphatic rings. The lowest BCUT2D eigenvalue weighted by Gasteiger charge is -2.08. The number of aromatic nitrogens is 4. The van der Waals surface area contributed by atoms with Crippen molar-refractivity contribution >= 4 is 29.0 Å². The maximum Gasteiger partial charge on any atom is 0.274 e. The van der Waals surface area contributed by atoms with E-state index < -0.39 is 4.92 Å². The minimum Gasteiger partial charge on any atom is -0.325 e. The number of hydrogen-bond donors (Lipinski definition) is 1. The molecule has 1 aromatic carbocycles. The second-order valence-corrected chi connectivity index (χ2v) is 5.07. The minimum absolute atomic E-state index is 0.0297. The molecule has 0 saturated carbocycles. The van der Waals surface area contributed by atoms with E-state index in [1.807, 2.05) is 0 Å². The van der Waals surface area contributed by atoms with E-state index >= 15 is 0 Å². The van der Waals surface area contributed by atoms with Crippen LogP contribution < -0.4 is 5.32 Å². The molecule has 0 bridgehead atoms. The third kappa shape index (κ3) is 3.54. The highest BCUT2D eigenvalue weighted by atomic mass is 32.2. The first-order chi connectivity index (χ1) is 9.99. The Labute approximate surface area is 123 Å². The maximum absolute atomic E-state index is 11.9. The van der Waals surface area contributed by atoms with Gasteiger partial charge in [-0.1, -0.05) is 17.8 Å².